The first kappa shape index (κ1) is 27.4. The van der Waals surface area contributed by atoms with Crippen LogP contribution < -0.4 is 16.0 Å². The van der Waals surface area contributed by atoms with Gasteiger partial charge < -0.3 is 20.7 Å². The molecule has 1 fully saturated rings. The smallest absolute Gasteiger partial charge is 0.224 e. The number of benzene rings is 1. The van der Waals surface area contributed by atoms with Gasteiger partial charge >= 0.3 is 0 Å². The Balaban J connectivity index is 1.39. The van der Waals surface area contributed by atoms with Crippen molar-refractivity contribution in [1.29, 1.82) is 5.26 Å². The van der Waals surface area contributed by atoms with Gasteiger partial charge in [0.25, 0.3) is 0 Å². The number of hydrogen-bond donors (Lipinski definition) is 3. The van der Waals surface area contributed by atoms with E-state index in [-0.39, 0.29) is 11.8 Å². The number of amides is 1. The van der Waals surface area contributed by atoms with Crippen molar-refractivity contribution >= 4 is 17.7 Å². The maximum absolute atomic E-state index is 12.4. The maximum Gasteiger partial charge on any atom is 0.224 e. The van der Waals surface area contributed by atoms with E-state index < -0.39 is 0 Å². The van der Waals surface area contributed by atoms with Crippen LogP contribution in [0.3, 0.4) is 0 Å². The predicted octanol–water partition coefficient (Wildman–Crippen LogP) is 4.91. The van der Waals surface area contributed by atoms with Gasteiger partial charge in [-0.05, 0) is 44.1 Å². The molecule has 0 aliphatic heterocycles. The molecule has 0 radical (unpaired) electrons. The van der Waals surface area contributed by atoms with Crippen molar-refractivity contribution in [2.75, 3.05) is 44.0 Å². The third kappa shape index (κ3) is 7.92. The van der Waals surface area contributed by atoms with Gasteiger partial charge in [-0.1, -0.05) is 44.4 Å². The van der Waals surface area contributed by atoms with Gasteiger partial charge in [0.15, 0.2) is 0 Å². The zero-order valence-electron chi connectivity index (χ0n) is 21.9. The first-order valence-electron chi connectivity index (χ1n) is 13.2. The van der Waals surface area contributed by atoms with Crippen molar-refractivity contribution < 1.29 is 9.53 Å². The summed E-state index contributed by atoms with van der Waals surface area (Å²) in [6, 6.07) is 9.85. The van der Waals surface area contributed by atoms with Crippen LogP contribution >= 0.6 is 0 Å². The molecule has 1 aliphatic rings. The number of aromatic nitrogens is 2. The highest BCUT2D eigenvalue weighted by molar-refractivity contribution is 5.78. The van der Waals surface area contributed by atoms with E-state index >= 15 is 0 Å². The molecule has 1 saturated carbocycles. The SMILES string of the molecule is CCCCC1CCC(C(=O)NCCOCCNc2cc(-c3cccc(C)c3C#N)nc(NC)n2)CC1. The van der Waals surface area contributed by atoms with Crippen LogP contribution in [0.15, 0.2) is 24.3 Å². The number of carbonyl (C=O) groups excluding carboxylic acids is 1. The van der Waals surface area contributed by atoms with E-state index in [2.05, 4.69) is 38.9 Å². The molecule has 0 unspecified atom stereocenters. The standard InChI is InChI=1S/C28H40N6O2/c1-4-5-8-21-10-12-22(13-11-21)27(35)32-15-17-36-16-14-31-26-18-25(33-28(30-3)34-26)23-9-6-7-20(2)24(23)19-29/h6-7,9,18,21-22H,4-5,8,10-17H2,1-3H3,(H,32,35)(H2,30,31,33,34). The Morgan fingerprint density at radius 2 is 1.94 bits per heavy atom. The molecule has 0 atom stereocenters. The fourth-order valence-corrected chi connectivity index (χ4v) is 4.77. The van der Waals surface area contributed by atoms with Gasteiger partial charge in [-0.3, -0.25) is 4.79 Å². The van der Waals surface area contributed by atoms with Gasteiger partial charge in [0.1, 0.15) is 11.9 Å². The molecule has 1 heterocycles. The summed E-state index contributed by atoms with van der Waals surface area (Å²) in [5.74, 6) is 2.27. The summed E-state index contributed by atoms with van der Waals surface area (Å²) >= 11 is 0. The zero-order chi connectivity index (χ0) is 25.8. The lowest BCUT2D eigenvalue weighted by Crippen LogP contribution is -2.35. The number of nitrogens with zero attached hydrogens (tertiary/aromatic N) is 3. The van der Waals surface area contributed by atoms with Gasteiger partial charge in [0, 0.05) is 37.7 Å². The minimum atomic E-state index is 0.160. The predicted molar refractivity (Wildman–Crippen MR) is 144 cm³/mol. The Labute approximate surface area is 215 Å². The minimum Gasteiger partial charge on any atom is -0.378 e. The quantitative estimate of drug-likeness (QED) is 0.341. The average Bonchev–Trinajstić information content (AvgIpc) is 2.91. The van der Waals surface area contributed by atoms with Crippen LogP contribution in [0.25, 0.3) is 11.3 Å². The Hall–Kier alpha value is -3.18. The summed E-state index contributed by atoms with van der Waals surface area (Å²) in [5.41, 5.74) is 2.98. The monoisotopic (exact) mass is 492 g/mol. The lowest BCUT2D eigenvalue weighted by Gasteiger charge is -2.27. The van der Waals surface area contributed by atoms with Crippen molar-refractivity contribution in [3.05, 3.63) is 35.4 Å². The molecule has 0 saturated heterocycles. The van der Waals surface area contributed by atoms with Crippen molar-refractivity contribution in [3.8, 4) is 17.3 Å². The van der Waals surface area contributed by atoms with Gasteiger partial charge in [-0.25, -0.2) is 4.98 Å². The number of nitriles is 1. The molecule has 36 heavy (non-hydrogen) atoms. The van der Waals surface area contributed by atoms with E-state index in [1.165, 1.54) is 32.1 Å². The molecule has 8 heteroatoms. The topological polar surface area (TPSA) is 112 Å². The Morgan fingerprint density at radius 1 is 1.17 bits per heavy atom. The normalized spacial score (nSPS) is 17.3. The number of ether oxygens (including phenoxy) is 1. The minimum absolute atomic E-state index is 0.160. The van der Waals surface area contributed by atoms with E-state index in [0.29, 0.717) is 49.3 Å². The largest absolute Gasteiger partial charge is 0.378 e. The van der Waals surface area contributed by atoms with E-state index in [1.807, 2.05) is 31.2 Å². The molecule has 3 rings (SSSR count). The number of nitrogens with one attached hydrogen (secondary N) is 3. The lowest BCUT2D eigenvalue weighted by molar-refractivity contribution is -0.126. The molecule has 8 nitrogen and oxygen atoms in total. The summed E-state index contributed by atoms with van der Waals surface area (Å²) in [7, 11) is 1.76. The molecule has 1 amide bonds. The van der Waals surface area contributed by atoms with Gasteiger partial charge in [-0.15, -0.1) is 0 Å². The molecule has 2 aromatic rings. The van der Waals surface area contributed by atoms with Gasteiger partial charge in [0.05, 0.1) is 24.5 Å². The van der Waals surface area contributed by atoms with Crippen LogP contribution in [0.4, 0.5) is 11.8 Å². The van der Waals surface area contributed by atoms with Crippen LogP contribution in [0.1, 0.15) is 63.0 Å². The van der Waals surface area contributed by atoms with Gasteiger partial charge in [-0.2, -0.15) is 10.2 Å². The third-order valence-corrected chi connectivity index (χ3v) is 6.89. The Morgan fingerprint density at radius 3 is 2.67 bits per heavy atom. The summed E-state index contributed by atoms with van der Waals surface area (Å²) in [4.78, 5) is 21.4. The number of aryl methyl sites for hydroxylation is 1. The maximum atomic E-state index is 12.4. The van der Waals surface area contributed by atoms with E-state index in [9.17, 15) is 10.1 Å². The van der Waals surface area contributed by atoms with E-state index in [1.54, 1.807) is 7.05 Å². The molecule has 1 aromatic carbocycles. The highest BCUT2D eigenvalue weighted by atomic mass is 16.5. The van der Waals surface area contributed by atoms with Gasteiger partial charge in [0.2, 0.25) is 11.9 Å². The van der Waals surface area contributed by atoms with Crippen LogP contribution in [0.5, 0.6) is 0 Å². The average molecular weight is 493 g/mol. The number of rotatable bonds is 13. The summed E-state index contributed by atoms with van der Waals surface area (Å²) < 4.78 is 5.70. The number of unbranched alkanes of at least 4 members (excludes halogenated alkanes) is 1. The van der Waals surface area contributed by atoms with Crippen LogP contribution in [0.2, 0.25) is 0 Å². The molecule has 3 N–H and O–H groups in total. The molecule has 0 bridgehead atoms. The summed E-state index contributed by atoms with van der Waals surface area (Å²) in [5, 5.41) is 18.9. The molecular weight excluding hydrogens is 452 g/mol. The lowest BCUT2D eigenvalue weighted by atomic mass is 9.79. The van der Waals surface area contributed by atoms with Crippen molar-refractivity contribution in [1.82, 2.24) is 15.3 Å². The zero-order valence-corrected chi connectivity index (χ0v) is 21.9. The van der Waals surface area contributed by atoms with Crippen LogP contribution in [-0.4, -0.2) is 49.2 Å². The van der Waals surface area contributed by atoms with Crippen molar-refractivity contribution in [2.45, 2.75) is 58.8 Å². The van der Waals surface area contributed by atoms with Crippen molar-refractivity contribution in [3.63, 3.8) is 0 Å². The second-order valence-corrected chi connectivity index (χ2v) is 9.51. The first-order chi connectivity index (χ1) is 17.5. The fraction of sp³-hybridized carbons (Fsp3) is 0.571. The van der Waals surface area contributed by atoms with E-state index in [0.717, 1.165) is 29.9 Å². The van der Waals surface area contributed by atoms with Crippen molar-refractivity contribution in [2.24, 2.45) is 11.8 Å². The number of hydrogen-bond acceptors (Lipinski definition) is 7. The second-order valence-electron chi connectivity index (χ2n) is 9.51. The molecule has 0 spiro atoms. The highest BCUT2D eigenvalue weighted by Gasteiger charge is 2.25. The van der Waals surface area contributed by atoms with E-state index in [4.69, 9.17) is 4.74 Å². The third-order valence-electron chi connectivity index (χ3n) is 6.89. The molecule has 194 valence electrons. The number of anilines is 2. The van der Waals surface area contributed by atoms with Crippen LogP contribution in [-0.2, 0) is 9.53 Å². The highest BCUT2D eigenvalue weighted by Crippen LogP contribution is 2.32. The fourth-order valence-electron chi connectivity index (χ4n) is 4.77. The number of carbonyl (C=O) groups is 1. The second kappa shape index (κ2) is 14.4. The molecular formula is C28H40N6O2. The molecule has 1 aliphatic carbocycles. The Bertz CT molecular complexity index is 1030. The summed E-state index contributed by atoms with van der Waals surface area (Å²) in [6.45, 7) is 6.21. The Kier molecular flexibility index (Phi) is 11.0. The first-order valence-corrected chi connectivity index (χ1v) is 13.2. The summed E-state index contributed by atoms with van der Waals surface area (Å²) in [6.07, 6.45) is 8.26. The molecule has 1 aromatic heterocycles. The van der Waals surface area contributed by atoms with Crippen LogP contribution in [0, 0.1) is 30.1 Å².